The van der Waals surface area contributed by atoms with Crippen molar-refractivity contribution >= 4 is 44.0 Å². The summed E-state index contributed by atoms with van der Waals surface area (Å²) in [6.07, 6.45) is 2.31. The van der Waals surface area contributed by atoms with Crippen molar-refractivity contribution in [2.75, 3.05) is 13.2 Å². The second-order valence-electron chi connectivity index (χ2n) is 7.97. The number of fused-ring (bicyclic) bond motifs is 3. The zero-order chi connectivity index (χ0) is 20.1. The zero-order valence-electron chi connectivity index (χ0n) is 16.1. The SMILES string of the molecule is CC(C)(C)OC(=O)n1c(=O)n(C2CCOCC2)c2c3cc(Br)ccc3ncc21. The summed E-state index contributed by atoms with van der Waals surface area (Å²) in [4.78, 5) is 30.7. The van der Waals surface area contributed by atoms with Gasteiger partial charge in [-0.15, -0.1) is 0 Å². The van der Waals surface area contributed by atoms with Crippen LogP contribution in [0, 0.1) is 0 Å². The number of halogens is 1. The average molecular weight is 448 g/mol. The van der Waals surface area contributed by atoms with Crippen molar-refractivity contribution in [2.24, 2.45) is 0 Å². The first-order valence-electron chi connectivity index (χ1n) is 9.28. The highest BCUT2D eigenvalue weighted by molar-refractivity contribution is 9.10. The Hall–Kier alpha value is -2.19. The lowest BCUT2D eigenvalue weighted by molar-refractivity contribution is 0.0530. The van der Waals surface area contributed by atoms with E-state index in [1.807, 2.05) is 18.2 Å². The first-order valence-corrected chi connectivity index (χ1v) is 10.1. The van der Waals surface area contributed by atoms with E-state index >= 15 is 0 Å². The molecular formula is C20H22BrN3O4. The summed E-state index contributed by atoms with van der Waals surface area (Å²) in [6.45, 7) is 6.50. The van der Waals surface area contributed by atoms with E-state index in [0.29, 0.717) is 37.1 Å². The van der Waals surface area contributed by atoms with Gasteiger partial charge in [0.1, 0.15) is 5.60 Å². The Labute approximate surface area is 170 Å². The molecule has 0 aliphatic carbocycles. The van der Waals surface area contributed by atoms with Gasteiger partial charge in [0.2, 0.25) is 0 Å². The maximum atomic E-state index is 13.4. The van der Waals surface area contributed by atoms with Crippen LogP contribution in [0.25, 0.3) is 21.9 Å². The van der Waals surface area contributed by atoms with Gasteiger partial charge >= 0.3 is 11.8 Å². The molecule has 1 aromatic carbocycles. The van der Waals surface area contributed by atoms with E-state index in [0.717, 1.165) is 19.9 Å². The number of carbonyl (C=O) groups excluding carboxylic acids is 1. The molecule has 0 spiro atoms. The third-order valence-electron chi connectivity index (χ3n) is 4.79. The number of pyridine rings is 1. The lowest BCUT2D eigenvalue weighted by atomic mass is 10.1. The van der Waals surface area contributed by atoms with Crippen LogP contribution >= 0.6 is 15.9 Å². The molecule has 0 N–H and O–H groups in total. The molecule has 0 amide bonds. The molecule has 0 unspecified atom stereocenters. The molecule has 148 valence electrons. The lowest BCUT2D eigenvalue weighted by Gasteiger charge is -2.23. The molecule has 1 aliphatic rings. The number of aromatic nitrogens is 3. The van der Waals surface area contributed by atoms with Crippen molar-refractivity contribution in [3.8, 4) is 0 Å². The van der Waals surface area contributed by atoms with Crippen LogP contribution in [-0.4, -0.2) is 39.0 Å². The smallest absolute Gasteiger partial charge is 0.423 e. The second-order valence-corrected chi connectivity index (χ2v) is 8.88. The van der Waals surface area contributed by atoms with Crippen LogP contribution in [0.15, 0.2) is 33.7 Å². The molecule has 1 fully saturated rings. The normalized spacial score (nSPS) is 16.0. The Morgan fingerprint density at radius 1 is 1.29 bits per heavy atom. The predicted molar refractivity (Wildman–Crippen MR) is 110 cm³/mol. The van der Waals surface area contributed by atoms with Gasteiger partial charge in [-0.05, 0) is 51.8 Å². The van der Waals surface area contributed by atoms with E-state index in [9.17, 15) is 9.59 Å². The molecule has 1 aliphatic heterocycles. The number of carbonyl (C=O) groups is 1. The Morgan fingerprint density at radius 3 is 2.68 bits per heavy atom. The summed E-state index contributed by atoms with van der Waals surface area (Å²) < 4.78 is 14.7. The summed E-state index contributed by atoms with van der Waals surface area (Å²) in [5.74, 6) is 0. The van der Waals surface area contributed by atoms with Crippen molar-refractivity contribution < 1.29 is 14.3 Å². The Bertz CT molecular complexity index is 1120. The van der Waals surface area contributed by atoms with Crippen molar-refractivity contribution in [2.45, 2.75) is 45.3 Å². The van der Waals surface area contributed by atoms with E-state index in [-0.39, 0.29) is 6.04 Å². The Morgan fingerprint density at radius 2 is 2.00 bits per heavy atom. The fourth-order valence-electron chi connectivity index (χ4n) is 3.63. The molecule has 3 heterocycles. The number of hydrogen-bond donors (Lipinski definition) is 0. The highest BCUT2D eigenvalue weighted by Crippen LogP contribution is 2.31. The minimum Gasteiger partial charge on any atom is -0.443 e. The number of nitrogens with zero attached hydrogens (tertiary/aromatic N) is 3. The van der Waals surface area contributed by atoms with Crippen molar-refractivity contribution in [3.05, 3.63) is 39.4 Å². The quantitative estimate of drug-likeness (QED) is 0.557. The fraction of sp³-hybridized carbons (Fsp3) is 0.450. The second kappa shape index (κ2) is 7.00. The standard InChI is InChI=1S/C20H22BrN3O4/c1-20(2,3)28-19(26)24-16-11-22-15-5-4-12(21)10-14(15)17(16)23(18(24)25)13-6-8-27-9-7-13/h4-5,10-11,13H,6-9H2,1-3H3. The summed E-state index contributed by atoms with van der Waals surface area (Å²) in [7, 11) is 0. The Kier molecular flexibility index (Phi) is 4.79. The maximum absolute atomic E-state index is 13.4. The lowest BCUT2D eigenvalue weighted by Crippen LogP contribution is -2.36. The molecule has 4 rings (SSSR count). The minimum atomic E-state index is -0.711. The van der Waals surface area contributed by atoms with Crippen molar-refractivity contribution in [1.29, 1.82) is 0 Å². The first-order chi connectivity index (χ1) is 13.3. The molecule has 7 nitrogen and oxygen atoms in total. The van der Waals surface area contributed by atoms with Crippen molar-refractivity contribution in [3.63, 3.8) is 0 Å². The molecule has 2 aromatic heterocycles. The summed E-state index contributed by atoms with van der Waals surface area (Å²) in [5.41, 5.74) is 0.811. The van der Waals surface area contributed by atoms with Gasteiger partial charge in [0, 0.05) is 29.1 Å². The number of rotatable bonds is 1. The van der Waals surface area contributed by atoms with Gasteiger partial charge in [-0.1, -0.05) is 15.9 Å². The Balaban J connectivity index is 2.04. The molecule has 28 heavy (non-hydrogen) atoms. The first kappa shape index (κ1) is 19.1. The third kappa shape index (κ3) is 3.35. The number of hydrogen-bond acceptors (Lipinski definition) is 5. The summed E-state index contributed by atoms with van der Waals surface area (Å²) in [6, 6.07) is 5.68. The highest BCUT2D eigenvalue weighted by atomic mass is 79.9. The largest absolute Gasteiger partial charge is 0.443 e. The zero-order valence-corrected chi connectivity index (χ0v) is 17.7. The van der Waals surface area contributed by atoms with Gasteiger partial charge in [-0.25, -0.2) is 9.59 Å². The van der Waals surface area contributed by atoms with E-state index in [2.05, 4.69) is 20.9 Å². The van der Waals surface area contributed by atoms with E-state index in [1.165, 1.54) is 0 Å². The number of imidazole rings is 1. The van der Waals surface area contributed by atoms with E-state index in [1.54, 1.807) is 31.5 Å². The summed E-state index contributed by atoms with van der Waals surface area (Å²) >= 11 is 3.50. The minimum absolute atomic E-state index is 0.0444. The van der Waals surface area contributed by atoms with Crippen LogP contribution in [0.3, 0.4) is 0 Å². The van der Waals surface area contributed by atoms with Gasteiger partial charge in [0.25, 0.3) is 0 Å². The topological polar surface area (TPSA) is 75.3 Å². The average Bonchev–Trinajstić information content (AvgIpc) is 2.93. The number of ether oxygens (including phenoxy) is 2. The van der Waals surface area contributed by atoms with Crippen LogP contribution in [0.5, 0.6) is 0 Å². The molecule has 8 heteroatoms. The molecular weight excluding hydrogens is 426 g/mol. The molecule has 0 atom stereocenters. The third-order valence-corrected chi connectivity index (χ3v) is 5.29. The van der Waals surface area contributed by atoms with Gasteiger partial charge in [-0.2, -0.15) is 4.57 Å². The van der Waals surface area contributed by atoms with Crippen LogP contribution in [0.2, 0.25) is 0 Å². The van der Waals surface area contributed by atoms with Crippen LogP contribution < -0.4 is 5.69 Å². The predicted octanol–water partition coefficient (Wildman–Crippen LogP) is 4.25. The van der Waals surface area contributed by atoms with Gasteiger partial charge < -0.3 is 9.47 Å². The number of benzene rings is 1. The monoisotopic (exact) mass is 447 g/mol. The van der Waals surface area contributed by atoms with E-state index < -0.39 is 17.4 Å². The van der Waals surface area contributed by atoms with Crippen LogP contribution in [0.4, 0.5) is 4.79 Å². The van der Waals surface area contributed by atoms with Gasteiger partial charge in [0.15, 0.2) is 0 Å². The fourth-order valence-corrected chi connectivity index (χ4v) is 3.99. The van der Waals surface area contributed by atoms with Crippen LogP contribution in [0.1, 0.15) is 39.7 Å². The van der Waals surface area contributed by atoms with E-state index in [4.69, 9.17) is 9.47 Å². The maximum Gasteiger partial charge on any atom is 0.423 e. The summed E-state index contributed by atoms with van der Waals surface area (Å²) in [5, 5.41) is 0.817. The van der Waals surface area contributed by atoms with Crippen molar-refractivity contribution in [1.82, 2.24) is 14.1 Å². The molecule has 0 bridgehead atoms. The van der Waals surface area contributed by atoms with Gasteiger partial charge in [-0.3, -0.25) is 9.55 Å². The highest BCUT2D eigenvalue weighted by Gasteiger charge is 2.29. The van der Waals surface area contributed by atoms with Gasteiger partial charge in [0.05, 0.1) is 22.7 Å². The molecule has 1 saturated heterocycles. The van der Waals surface area contributed by atoms with Crippen LogP contribution in [-0.2, 0) is 9.47 Å². The molecule has 3 aromatic rings. The molecule has 0 saturated carbocycles. The molecule has 0 radical (unpaired) electrons.